The summed E-state index contributed by atoms with van der Waals surface area (Å²) in [6.45, 7) is 0. The molecule has 2 aromatic rings. The number of ether oxygens (including phenoxy) is 1. The van der Waals surface area contributed by atoms with Gasteiger partial charge in [-0.25, -0.2) is 4.99 Å². The Morgan fingerprint density at radius 1 is 1.26 bits per heavy atom. The highest BCUT2D eigenvalue weighted by Crippen LogP contribution is 2.43. The molecule has 0 heterocycles. The van der Waals surface area contributed by atoms with Gasteiger partial charge in [-0.1, -0.05) is 41.9 Å². The number of benzene rings is 2. The third-order valence-corrected chi connectivity index (χ3v) is 4.01. The number of hydrogen-bond donors (Lipinski definition) is 2. The van der Waals surface area contributed by atoms with E-state index in [-0.39, 0.29) is 30.0 Å². The van der Waals surface area contributed by atoms with Crippen molar-refractivity contribution in [3.8, 4) is 5.75 Å². The molecule has 0 amide bonds. The van der Waals surface area contributed by atoms with Crippen molar-refractivity contribution < 1.29 is 4.74 Å². The van der Waals surface area contributed by atoms with E-state index in [9.17, 15) is 0 Å². The molecule has 3 rings (SSSR count). The second-order valence-corrected chi connectivity index (χ2v) is 5.72. The van der Waals surface area contributed by atoms with E-state index in [0.29, 0.717) is 22.6 Å². The van der Waals surface area contributed by atoms with Crippen molar-refractivity contribution in [2.45, 2.75) is 18.4 Å². The minimum Gasteiger partial charge on any atom is -0.495 e. The Hall–Kier alpha value is -1.47. The molecule has 2 atom stereocenters. The van der Waals surface area contributed by atoms with Gasteiger partial charge in [0.2, 0.25) is 0 Å². The van der Waals surface area contributed by atoms with Gasteiger partial charge in [0.1, 0.15) is 5.75 Å². The van der Waals surface area contributed by atoms with E-state index in [1.165, 1.54) is 5.56 Å². The molecule has 0 radical (unpaired) electrons. The molecule has 1 saturated carbocycles. The number of nitrogens with two attached hydrogens (primary N) is 1. The van der Waals surface area contributed by atoms with Crippen molar-refractivity contribution in [2.24, 2.45) is 10.7 Å². The summed E-state index contributed by atoms with van der Waals surface area (Å²) < 4.78 is 5.12. The largest absolute Gasteiger partial charge is 0.495 e. The van der Waals surface area contributed by atoms with Crippen LogP contribution in [0.3, 0.4) is 0 Å². The Morgan fingerprint density at radius 2 is 2.00 bits per heavy atom. The number of halogens is 2. The van der Waals surface area contributed by atoms with Crippen molar-refractivity contribution in [2.75, 3.05) is 12.4 Å². The summed E-state index contributed by atoms with van der Waals surface area (Å²) in [5, 5.41) is 3.60. The first-order valence-electron chi connectivity index (χ1n) is 7.16. The Bertz CT molecular complexity index is 693. The van der Waals surface area contributed by atoms with E-state index >= 15 is 0 Å². The summed E-state index contributed by atoms with van der Waals surface area (Å²) in [6.07, 6.45) is 1.04. The highest BCUT2D eigenvalue weighted by molar-refractivity contribution is 14.0. The predicted octanol–water partition coefficient (Wildman–Crippen LogP) is 4.25. The molecule has 0 bridgehead atoms. The van der Waals surface area contributed by atoms with E-state index in [1.807, 2.05) is 12.1 Å². The zero-order valence-corrected chi connectivity index (χ0v) is 15.8. The van der Waals surface area contributed by atoms with Gasteiger partial charge in [0.25, 0.3) is 0 Å². The van der Waals surface area contributed by atoms with E-state index in [0.717, 1.165) is 12.1 Å². The molecule has 0 spiro atoms. The molecule has 0 aliphatic heterocycles. The van der Waals surface area contributed by atoms with Crippen LogP contribution in [-0.2, 0) is 0 Å². The monoisotopic (exact) mass is 443 g/mol. The minimum absolute atomic E-state index is 0. The fourth-order valence-electron chi connectivity index (χ4n) is 2.49. The molecule has 1 fully saturated rings. The highest BCUT2D eigenvalue weighted by atomic mass is 127. The fraction of sp³-hybridized carbons (Fsp3) is 0.235. The first-order chi connectivity index (χ1) is 10.7. The summed E-state index contributed by atoms with van der Waals surface area (Å²) in [7, 11) is 1.58. The van der Waals surface area contributed by atoms with Crippen LogP contribution in [0.1, 0.15) is 17.9 Å². The Balaban J connectivity index is 0.00000192. The first kappa shape index (κ1) is 17.9. The van der Waals surface area contributed by atoms with Gasteiger partial charge >= 0.3 is 0 Å². The van der Waals surface area contributed by atoms with Crippen LogP contribution in [0.5, 0.6) is 5.75 Å². The number of nitrogens with one attached hydrogen (secondary N) is 1. The molecule has 2 unspecified atom stereocenters. The molecule has 0 aromatic heterocycles. The number of methoxy groups -OCH3 is 1. The number of anilines is 1. The summed E-state index contributed by atoms with van der Waals surface area (Å²) in [4.78, 5) is 4.52. The zero-order valence-electron chi connectivity index (χ0n) is 12.7. The van der Waals surface area contributed by atoms with Crippen LogP contribution >= 0.6 is 35.6 Å². The molecule has 122 valence electrons. The van der Waals surface area contributed by atoms with Crippen molar-refractivity contribution in [3.63, 3.8) is 0 Å². The highest BCUT2D eigenvalue weighted by Gasteiger charge is 2.38. The van der Waals surface area contributed by atoms with E-state index in [4.69, 9.17) is 22.1 Å². The number of aliphatic imine (C=N–C) groups is 1. The van der Waals surface area contributed by atoms with Gasteiger partial charge in [0.05, 0.1) is 18.2 Å². The van der Waals surface area contributed by atoms with Crippen LogP contribution in [0, 0.1) is 0 Å². The summed E-state index contributed by atoms with van der Waals surface area (Å²) >= 11 is 6.09. The van der Waals surface area contributed by atoms with Crippen molar-refractivity contribution in [3.05, 3.63) is 59.1 Å². The van der Waals surface area contributed by atoms with Crippen molar-refractivity contribution in [1.82, 2.24) is 0 Å². The maximum atomic E-state index is 6.09. The lowest BCUT2D eigenvalue weighted by molar-refractivity contribution is 0.415. The number of guanidine groups is 1. The van der Waals surface area contributed by atoms with Gasteiger partial charge in [-0.15, -0.1) is 24.0 Å². The molecule has 3 N–H and O–H groups in total. The van der Waals surface area contributed by atoms with Crippen molar-refractivity contribution >= 4 is 47.2 Å². The molecule has 23 heavy (non-hydrogen) atoms. The average molecular weight is 444 g/mol. The summed E-state index contributed by atoms with van der Waals surface area (Å²) in [5.41, 5.74) is 8.08. The van der Waals surface area contributed by atoms with Crippen LogP contribution in [0.25, 0.3) is 0 Å². The molecule has 4 nitrogen and oxygen atoms in total. The normalized spacial score (nSPS) is 19.7. The lowest BCUT2D eigenvalue weighted by atomic mass is 10.1. The van der Waals surface area contributed by atoms with Crippen molar-refractivity contribution in [1.29, 1.82) is 0 Å². The third kappa shape index (κ3) is 4.51. The molecule has 2 aromatic carbocycles. The quantitative estimate of drug-likeness (QED) is 0.422. The van der Waals surface area contributed by atoms with Crippen LogP contribution in [0.2, 0.25) is 5.02 Å². The fourth-order valence-corrected chi connectivity index (χ4v) is 2.74. The molecule has 1 aliphatic carbocycles. The van der Waals surface area contributed by atoms with E-state index < -0.39 is 0 Å². The number of nitrogens with zero attached hydrogens (tertiary/aromatic N) is 1. The van der Waals surface area contributed by atoms with Gasteiger partial charge < -0.3 is 15.8 Å². The predicted molar refractivity (Wildman–Crippen MR) is 106 cm³/mol. The maximum Gasteiger partial charge on any atom is 0.193 e. The zero-order chi connectivity index (χ0) is 15.5. The number of rotatable bonds is 4. The molecule has 0 saturated heterocycles. The summed E-state index contributed by atoms with van der Waals surface area (Å²) in [6, 6.07) is 16.1. The maximum absolute atomic E-state index is 6.09. The van der Waals surface area contributed by atoms with Gasteiger partial charge in [-0.2, -0.15) is 0 Å². The van der Waals surface area contributed by atoms with Gasteiger partial charge in [0, 0.05) is 11.6 Å². The summed E-state index contributed by atoms with van der Waals surface area (Å²) in [5.74, 6) is 1.51. The van der Waals surface area contributed by atoms with Crippen LogP contribution < -0.4 is 15.8 Å². The van der Waals surface area contributed by atoms with E-state index in [2.05, 4.69) is 34.6 Å². The average Bonchev–Trinajstić information content (AvgIpc) is 3.27. The van der Waals surface area contributed by atoms with Crippen LogP contribution in [-0.4, -0.2) is 19.1 Å². The second-order valence-electron chi connectivity index (χ2n) is 5.31. The Labute approximate surface area is 158 Å². The smallest absolute Gasteiger partial charge is 0.193 e. The SMILES string of the molecule is COc1ccc(NC(N)=NC2CC2c2ccccc2)cc1Cl.I. The molecule has 6 heteroatoms. The van der Waals surface area contributed by atoms with Crippen LogP contribution in [0.15, 0.2) is 53.5 Å². The standard InChI is InChI=1S/C17H18ClN3O.HI/c1-22-16-8-7-12(9-14(16)18)20-17(19)21-15-10-13(15)11-5-3-2-4-6-11;/h2-9,13,15H,10H2,1H3,(H3,19,20,21);1H. The first-order valence-corrected chi connectivity index (χ1v) is 7.54. The third-order valence-electron chi connectivity index (χ3n) is 3.71. The molecular weight excluding hydrogens is 425 g/mol. The Kier molecular flexibility index (Phi) is 6.12. The van der Waals surface area contributed by atoms with E-state index in [1.54, 1.807) is 19.2 Å². The minimum atomic E-state index is 0. The topological polar surface area (TPSA) is 59.6 Å². The van der Waals surface area contributed by atoms with Gasteiger partial charge in [-0.05, 0) is 30.2 Å². The number of hydrogen-bond acceptors (Lipinski definition) is 2. The lowest BCUT2D eigenvalue weighted by Gasteiger charge is -2.08. The second kappa shape index (κ2) is 7.88. The van der Waals surface area contributed by atoms with Gasteiger partial charge in [0.15, 0.2) is 5.96 Å². The van der Waals surface area contributed by atoms with Crippen LogP contribution in [0.4, 0.5) is 5.69 Å². The lowest BCUT2D eigenvalue weighted by Crippen LogP contribution is -2.23. The molecule has 1 aliphatic rings. The Morgan fingerprint density at radius 3 is 2.65 bits per heavy atom. The van der Waals surface area contributed by atoms with Gasteiger partial charge in [-0.3, -0.25) is 0 Å². The molecular formula is C17H19ClIN3O.